The minimum absolute atomic E-state index is 0.0658. The van der Waals surface area contributed by atoms with Gasteiger partial charge in [-0.25, -0.2) is 4.98 Å². The maximum atomic E-state index is 13.8. The van der Waals surface area contributed by atoms with E-state index in [4.69, 9.17) is 0 Å². The van der Waals surface area contributed by atoms with Crippen LogP contribution < -0.4 is 5.32 Å². The fourth-order valence-electron chi connectivity index (χ4n) is 3.78. The molecule has 0 saturated carbocycles. The van der Waals surface area contributed by atoms with Gasteiger partial charge in [0.15, 0.2) is 0 Å². The molecule has 1 fully saturated rings. The van der Waals surface area contributed by atoms with Crippen LogP contribution in [0.3, 0.4) is 0 Å². The normalized spacial score (nSPS) is 17.7. The van der Waals surface area contributed by atoms with Crippen molar-refractivity contribution in [2.45, 2.75) is 45.7 Å². The van der Waals surface area contributed by atoms with Crippen molar-refractivity contribution in [1.82, 2.24) is 9.97 Å². The molecule has 1 saturated heterocycles. The zero-order valence-corrected chi connectivity index (χ0v) is 16.7. The number of phenols is 1. The standard InChI is InChI=1S/C20H28N3O2P/c1-14-9-17(10-15(2)20(14)24)18(26(25)7-5-4-6-8-26)12-23-19-13-21-16(3)11-22-19/h9-11,13,18,24H,4-8,12H2,1-3H3,(H,22,23). The number of hydrogen-bond donors (Lipinski definition) is 2. The molecule has 2 aromatic rings. The molecule has 1 unspecified atom stereocenters. The molecule has 6 heteroatoms. The van der Waals surface area contributed by atoms with Crippen molar-refractivity contribution in [3.63, 3.8) is 0 Å². The summed E-state index contributed by atoms with van der Waals surface area (Å²) < 4.78 is 13.8. The Balaban J connectivity index is 1.91. The van der Waals surface area contributed by atoms with E-state index in [2.05, 4.69) is 15.3 Å². The summed E-state index contributed by atoms with van der Waals surface area (Å²) in [5.41, 5.74) is 3.53. The highest BCUT2D eigenvalue weighted by Gasteiger charge is 2.35. The van der Waals surface area contributed by atoms with E-state index >= 15 is 0 Å². The van der Waals surface area contributed by atoms with Crippen molar-refractivity contribution >= 4 is 13.0 Å². The first-order valence-corrected chi connectivity index (χ1v) is 11.4. The summed E-state index contributed by atoms with van der Waals surface area (Å²) in [6.45, 7) is 6.28. The molecule has 0 bridgehead atoms. The van der Waals surface area contributed by atoms with Crippen molar-refractivity contribution in [2.24, 2.45) is 0 Å². The Bertz CT molecular complexity index is 787. The van der Waals surface area contributed by atoms with Crippen molar-refractivity contribution in [3.05, 3.63) is 46.9 Å². The smallest absolute Gasteiger partial charge is 0.144 e. The molecule has 1 aromatic heterocycles. The van der Waals surface area contributed by atoms with Crippen LogP contribution in [0.15, 0.2) is 24.5 Å². The van der Waals surface area contributed by atoms with E-state index < -0.39 is 7.14 Å². The highest BCUT2D eigenvalue weighted by molar-refractivity contribution is 7.64. The van der Waals surface area contributed by atoms with E-state index in [0.29, 0.717) is 18.1 Å². The molecule has 2 N–H and O–H groups in total. The topological polar surface area (TPSA) is 75.1 Å². The minimum Gasteiger partial charge on any atom is -0.507 e. The number of phenolic OH excluding ortho intramolecular Hbond substituents is 1. The van der Waals surface area contributed by atoms with E-state index in [9.17, 15) is 9.67 Å². The first-order chi connectivity index (χ1) is 12.4. The molecule has 140 valence electrons. The summed E-state index contributed by atoms with van der Waals surface area (Å²) in [5, 5.41) is 13.5. The first-order valence-electron chi connectivity index (χ1n) is 9.29. The summed E-state index contributed by atoms with van der Waals surface area (Å²) in [4.78, 5) is 8.63. The van der Waals surface area contributed by atoms with Crippen LogP contribution in [0.1, 0.15) is 47.3 Å². The van der Waals surface area contributed by atoms with Crippen molar-refractivity contribution in [2.75, 3.05) is 24.2 Å². The monoisotopic (exact) mass is 373 g/mol. The number of aromatic nitrogens is 2. The van der Waals surface area contributed by atoms with Gasteiger partial charge in [0, 0.05) is 18.9 Å². The van der Waals surface area contributed by atoms with Crippen molar-refractivity contribution in [3.8, 4) is 5.75 Å². The fraction of sp³-hybridized carbons (Fsp3) is 0.500. The third-order valence-electron chi connectivity index (χ3n) is 5.30. The largest absolute Gasteiger partial charge is 0.507 e. The number of nitrogens with one attached hydrogen (secondary N) is 1. The molecular weight excluding hydrogens is 345 g/mol. The van der Waals surface area contributed by atoms with E-state index in [1.54, 1.807) is 12.4 Å². The number of aryl methyl sites for hydroxylation is 3. The molecule has 2 heterocycles. The summed E-state index contributed by atoms with van der Waals surface area (Å²) >= 11 is 0. The van der Waals surface area contributed by atoms with Crippen LogP contribution in [0.5, 0.6) is 5.75 Å². The average molecular weight is 373 g/mol. The zero-order valence-electron chi connectivity index (χ0n) is 15.8. The number of aromatic hydroxyl groups is 1. The molecular formula is C20H28N3O2P. The first kappa shape index (κ1) is 18.9. The van der Waals surface area contributed by atoms with Crippen LogP contribution >= 0.6 is 7.14 Å². The second-order valence-corrected chi connectivity index (χ2v) is 10.8. The zero-order chi connectivity index (χ0) is 18.7. The molecule has 0 spiro atoms. The second-order valence-electron chi connectivity index (χ2n) is 7.40. The molecule has 1 aliphatic rings. The quantitative estimate of drug-likeness (QED) is 0.736. The van der Waals surface area contributed by atoms with Gasteiger partial charge in [0.25, 0.3) is 0 Å². The number of anilines is 1. The number of rotatable bonds is 5. The Morgan fingerprint density at radius 3 is 2.31 bits per heavy atom. The molecule has 5 nitrogen and oxygen atoms in total. The maximum absolute atomic E-state index is 13.8. The van der Waals surface area contributed by atoms with Gasteiger partial charge >= 0.3 is 0 Å². The third kappa shape index (κ3) is 4.09. The molecule has 0 radical (unpaired) electrons. The van der Waals surface area contributed by atoms with Gasteiger partial charge < -0.3 is 15.0 Å². The minimum atomic E-state index is -2.34. The molecule has 1 atom stereocenters. The van der Waals surface area contributed by atoms with Crippen LogP contribution in [0.2, 0.25) is 0 Å². The van der Waals surface area contributed by atoms with Gasteiger partial charge in [0.05, 0.1) is 30.9 Å². The van der Waals surface area contributed by atoms with E-state index in [1.807, 2.05) is 32.9 Å². The van der Waals surface area contributed by atoms with Gasteiger partial charge in [-0.2, -0.15) is 0 Å². The van der Waals surface area contributed by atoms with Gasteiger partial charge in [-0.1, -0.05) is 18.6 Å². The predicted octanol–water partition coefficient (Wildman–Crippen LogP) is 4.81. The Morgan fingerprint density at radius 2 is 1.73 bits per heavy atom. The molecule has 26 heavy (non-hydrogen) atoms. The van der Waals surface area contributed by atoms with E-state index in [-0.39, 0.29) is 5.66 Å². The average Bonchev–Trinajstić information content (AvgIpc) is 2.62. The Labute approximate surface area is 155 Å². The van der Waals surface area contributed by atoms with Gasteiger partial charge in [0.1, 0.15) is 11.6 Å². The van der Waals surface area contributed by atoms with Gasteiger partial charge in [-0.15, -0.1) is 0 Å². The number of nitrogens with zero attached hydrogens (tertiary/aromatic N) is 2. The lowest BCUT2D eigenvalue weighted by Gasteiger charge is -2.32. The van der Waals surface area contributed by atoms with E-state index in [1.165, 1.54) is 6.42 Å². The molecule has 1 aliphatic heterocycles. The van der Waals surface area contributed by atoms with Crippen LogP contribution in [-0.2, 0) is 4.57 Å². The third-order valence-corrected chi connectivity index (χ3v) is 9.06. The van der Waals surface area contributed by atoms with Crippen LogP contribution in [-0.4, -0.2) is 33.9 Å². The molecule has 0 amide bonds. The highest BCUT2D eigenvalue weighted by Crippen LogP contribution is 2.62. The lowest BCUT2D eigenvalue weighted by Crippen LogP contribution is -2.19. The van der Waals surface area contributed by atoms with Crippen molar-refractivity contribution in [1.29, 1.82) is 0 Å². The maximum Gasteiger partial charge on any atom is 0.144 e. The van der Waals surface area contributed by atoms with Gasteiger partial charge in [-0.05, 0) is 50.3 Å². The SMILES string of the molecule is Cc1cnc(NCC(c2cc(C)c(O)c(C)c2)P2(=O)CCCCC2)cn1. The lowest BCUT2D eigenvalue weighted by atomic mass is 10.0. The Morgan fingerprint density at radius 1 is 1.08 bits per heavy atom. The number of benzene rings is 1. The fourth-order valence-corrected chi connectivity index (χ4v) is 7.26. The molecule has 1 aromatic carbocycles. The Kier molecular flexibility index (Phi) is 5.67. The Hall–Kier alpha value is -1.87. The summed E-state index contributed by atoms with van der Waals surface area (Å²) in [6, 6.07) is 3.98. The van der Waals surface area contributed by atoms with Crippen molar-refractivity contribution < 1.29 is 9.67 Å². The van der Waals surface area contributed by atoms with E-state index in [0.717, 1.165) is 47.5 Å². The summed E-state index contributed by atoms with van der Waals surface area (Å²) in [5.74, 6) is 1.03. The summed E-state index contributed by atoms with van der Waals surface area (Å²) in [6.07, 6.45) is 8.30. The second kappa shape index (κ2) is 7.79. The van der Waals surface area contributed by atoms with Crippen LogP contribution in [0.4, 0.5) is 5.82 Å². The lowest BCUT2D eigenvalue weighted by molar-refractivity contribution is 0.466. The van der Waals surface area contributed by atoms with Crippen LogP contribution in [0, 0.1) is 20.8 Å². The molecule has 3 rings (SSSR count). The number of hydrogen-bond acceptors (Lipinski definition) is 5. The van der Waals surface area contributed by atoms with Gasteiger partial charge in [-0.3, -0.25) is 4.98 Å². The van der Waals surface area contributed by atoms with Crippen LogP contribution in [0.25, 0.3) is 0 Å². The summed E-state index contributed by atoms with van der Waals surface area (Å²) in [7, 11) is -2.34. The predicted molar refractivity (Wildman–Crippen MR) is 107 cm³/mol. The van der Waals surface area contributed by atoms with Gasteiger partial charge in [0.2, 0.25) is 0 Å². The molecule has 0 aliphatic carbocycles. The highest BCUT2D eigenvalue weighted by atomic mass is 31.2.